The summed E-state index contributed by atoms with van der Waals surface area (Å²) in [5.41, 5.74) is 1.76. The summed E-state index contributed by atoms with van der Waals surface area (Å²) in [5, 5.41) is 0.401. The van der Waals surface area contributed by atoms with Crippen molar-refractivity contribution in [1.29, 1.82) is 0 Å². The maximum Gasteiger partial charge on any atom is 0.331 e. The van der Waals surface area contributed by atoms with E-state index in [1.165, 1.54) is 8.61 Å². The first-order valence-electron chi connectivity index (χ1n) is 7.37. The van der Waals surface area contributed by atoms with Gasteiger partial charge in [0.05, 0.1) is 34.8 Å². The van der Waals surface area contributed by atoms with E-state index in [0.29, 0.717) is 41.7 Å². The monoisotopic (exact) mass is 350 g/mol. The summed E-state index contributed by atoms with van der Waals surface area (Å²) in [6, 6.07) is 14.2. The molecule has 0 unspecified atom stereocenters. The van der Waals surface area contributed by atoms with Gasteiger partial charge in [0, 0.05) is 6.54 Å². The number of anilines is 3. The lowest BCUT2D eigenvalue weighted by Gasteiger charge is -2.22. The summed E-state index contributed by atoms with van der Waals surface area (Å²) >= 11 is 6.24. The van der Waals surface area contributed by atoms with Gasteiger partial charge in [0.25, 0.3) is 0 Å². The van der Waals surface area contributed by atoms with E-state index >= 15 is 0 Å². The number of rotatable bonds is 4. The van der Waals surface area contributed by atoms with Crippen molar-refractivity contribution in [2.45, 2.75) is 12.5 Å². The Morgan fingerprint density at radius 2 is 1.65 bits per heavy atom. The lowest BCUT2D eigenvalue weighted by Crippen LogP contribution is -2.36. The number of hydrogen-bond donors (Lipinski definition) is 0. The van der Waals surface area contributed by atoms with Crippen LogP contribution >= 0.6 is 11.6 Å². The second-order valence-corrected chi connectivity index (χ2v) is 7.64. The molecule has 0 radical (unpaired) electrons. The summed E-state index contributed by atoms with van der Waals surface area (Å²) in [7, 11) is -3.70. The van der Waals surface area contributed by atoms with Crippen molar-refractivity contribution >= 4 is 38.9 Å². The molecule has 2 aromatic carbocycles. The van der Waals surface area contributed by atoms with Crippen molar-refractivity contribution in [2.75, 3.05) is 21.8 Å². The molecule has 0 saturated carbocycles. The van der Waals surface area contributed by atoms with E-state index in [9.17, 15) is 8.42 Å². The Hall–Kier alpha value is -1.76. The number of fused-ring (bicyclic) bond motifs is 1. The molecular formula is C16H15ClN2O3S. The molecule has 1 fully saturated rings. The van der Waals surface area contributed by atoms with Crippen LogP contribution in [-0.4, -0.2) is 27.7 Å². The zero-order valence-corrected chi connectivity index (χ0v) is 13.8. The Kier molecular flexibility index (Phi) is 3.48. The largest absolute Gasteiger partial charge is 0.373 e. The molecule has 0 N–H and O–H groups in total. The summed E-state index contributed by atoms with van der Waals surface area (Å²) in [4.78, 5) is 0. The first kappa shape index (κ1) is 14.8. The molecule has 0 aliphatic carbocycles. The van der Waals surface area contributed by atoms with Gasteiger partial charge in [-0.25, -0.2) is 4.31 Å². The Balaban J connectivity index is 1.81. The molecule has 2 aliphatic rings. The molecule has 4 rings (SSSR count). The van der Waals surface area contributed by atoms with Crippen molar-refractivity contribution < 1.29 is 13.2 Å². The Morgan fingerprint density at radius 3 is 2.30 bits per heavy atom. The van der Waals surface area contributed by atoms with E-state index in [1.54, 1.807) is 30.3 Å². The molecule has 1 atom stereocenters. The summed E-state index contributed by atoms with van der Waals surface area (Å²) in [6.07, 6.45) is 0.857. The van der Waals surface area contributed by atoms with E-state index in [-0.39, 0.29) is 6.10 Å². The quantitative estimate of drug-likeness (QED) is 0.795. The molecule has 23 heavy (non-hydrogen) atoms. The molecule has 2 aromatic rings. The smallest absolute Gasteiger partial charge is 0.331 e. The second-order valence-electron chi connectivity index (χ2n) is 5.53. The molecule has 120 valence electrons. The fourth-order valence-corrected chi connectivity index (χ4v) is 4.81. The number of nitrogens with zero attached hydrogens (tertiary/aromatic N) is 2. The van der Waals surface area contributed by atoms with Gasteiger partial charge in [-0.3, -0.25) is 4.31 Å². The van der Waals surface area contributed by atoms with Gasteiger partial charge in [0.15, 0.2) is 0 Å². The third-order valence-corrected chi connectivity index (χ3v) is 6.12. The zero-order chi connectivity index (χ0) is 16.0. The molecule has 0 aromatic heterocycles. The normalized spacial score (nSPS) is 21.3. The maximum absolute atomic E-state index is 13.1. The highest BCUT2D eigenvalue weighted by Gasteiger charge is 2.42. The van der Waals surface area contributed by atoms with Gasteiger partial charge in [0.2, 0.25) is 0 Å². The highest BCUT2D eigenvalue weighted by molar-refractivity contribution is 7.95. The fourth-order valence-electron chi connectivity index (χ4n) is 2.80. The van der Waals surface area contributed by atoms with E-state index in [2.05, 4.69) is 0 Å². The molecule has 2 aliphatic heterocycles. The van der Waals surface area contributed by atoms with Gasteiger partial charge in [-0.1, -0.05) is 35.9 Å². The van der Waals surface area contributed by atoms with E-state index < -0.39 is 10.2 Å². The van der Waals surface area contributed by atoms with Crippen LogP contribution in [0.5, 0.6) is 0 Å². The van der Waals surface area contributed by atoms with Crippen molar-refractivity contribution in [1.82, 2.24) is 0 Å². The number of halogens is 1. The van der Waals surface area contributed by atoms with Gasteiger partial charge >= 0.3 is 10.2 Å². The molecule has 0 amide bonds. The van der Waals surface area contributed by atoms with Crippen LogP contribution in [0.2, 0.25) is 5.02 Å². The zero-order valence-electron chi connectivity index (χ0n) is 12.2. The number of epoxide rings is 1. The van der Waals surface area contributed by atoms with Crippen LogP contribution in [0.25, 0.3) is 0 Å². The summed E-state index contributed by atoms with van der Waals surface area (Å²) in [6.45, 7) is 1.11. The average Bonchev–Trinajstić information content (AvgIpc) is 3.31. The van der Waals surface area contributed by atoms with Gasteiger partial charge in [0.1, 0.15) is 0 Å². The van der Waals surface area contributed by atoms with E-state index in [4.69, 9.17) is 16.3 Å². The standard InChI is InChI=1S/C16H15ClN2O3S/c17-13-5-1-2-6-14(13)19-16-8-4-3-7-15(16)18(23(19,20)21)10-9-12-11-22-12/h1-8,12H,9-11H2/t12-/m1/s1. The molecule has 7 heteroatoms. The molecular weight excluding hydrogens is 336 g/mol. The minimum Gasteiger partial charge on any atom is -0.373 e. The van der Waals surface area contributed by atoms with Gasteiger partial charge in [-0.15, -0.1) is 0 Å². The summed E-state index contributed by atoms with van der Waals surface area (Å²) < 4.78 is 34.1. The van der Waals surface area contributed by atoms with Gasteiger partial charge < -0.3 is 4.74 Å². The molecule has 2 heterocycles. The Morgan fingerprint density at radius 1 is 1.04 bits per heavy atom. The van der Waals surface area contributed by atoms with Crippen LogP contribution in [0.15, 0.2) is 48.5 Å². The molecule has 0 spiro atoms. The van der Waals surface area contributed by atoms with Crippen molar-refractivity contribution in [3.63, 3.8) is 0 Å². The van der Waals surface area contributed by atoms with Crippen LogP contribution in [0.4, 0.5) is 17.1 Å². The first-order chi connectivity index (χ1) is 11.1. The predicted octanol–water partition coefficient (Wildman–Crippen LogP) is 3.33. The lowest BCUT2D eigenvalue weighted by molar-refractivity contribution is 0.399. The van der Waals surface area contributed by atoms with Crippen LogP contribution in [0, 0.1) is 0 Å². The van der Waals surface area contributed by atoms with Gasteiger partial charge in [-0.05, 0) is 30.7 Å². The van der Waals surface area contributed by atoms with Crippen LogP contribution in [0.3, 0.4) is 0 Å². The predicted molar refractivity (Wildman–Crippen MR) is 90.7 cm³/mol. The molecule has 1 saturated heterocycles. The highest BCUT2D eigenvalue weighted by Crippen LogP contribution is 2.47. The molecule has 5 nitrogen and oxygen atoms in total. The van der Waals surface area contributed by atoms with Crippen LogP contribution in [-0.2, 0) is 14.9 Å². The first-order valence-corrected chi connectivity index (χ1v) is 9.15. The van der Waals surface area contributed by atoms with E-state index in [1.807, 2.05) is 18.2 Å². The van der Waals surface area contributed by atoms with Crippen LogP contribution < -0.4 is 8.61 Å². The van der Waals surface area contributed by atoms with E-state index in [0.717, 1.165) is 0 Å². The fraction of sp³-hybridized carbons (Fsp3) is 0.250. The average molecular weight is 351 g/mol. The second kappa shape index (κ2) is 5.40. The summed E-state index contributed by atoms with van der Waals surface area (Å²) in [5.74, 6) is 0. The minimum atomic E-state index is -3.70. The lowest BCUT2D eigenvalue weighted by atomic mass is 10.2. The van der Waals surface area contributed by atoms with Crippen molar-refractivity contribution in [3.05, 3.63) is 53.6 Å². The third-order valence-electron chi connectivity index (χ3n) is 4.01. The number of benzene rings is 2. The minimum absolute atomic E-state index is 0.173. The maximum atomic E-state index is 13.1. The SMILES string of the molecule is O=S1(=O)N(CC[C@@H]2CO2)c2ccccc2N1c1ccccc1Cl. The third kappa shape index (κ3) is 2.47. The number of hydrogen-bond acceptors (Lipinski definition) is 3. The van der Waals surface area contributed by atoms with Crippen molar-refractivity contribution in [2.24, 2.45) is 0 Å². The highest BCUT2D eigenvalue weighted by atomic mass is 35.5. The Labute approximate surface area is 140 Å². The molecule has 0 bridgehead atoms. The topological polar surface area (TPSA) is 53.2 Å². The number of para-hydroxylation sites is 3. The van der Waals surface area contributed by atoms with Crippen LogP contribution in [0.1, 0.15) is 6.42 Å². The number of ether oxygens (including phenoxy) is 1. The Bertz CT molecular complexity index is 852. The van der Waals surface area contributed by atoms with Gasteiger partial charge in [-0.2, -0.15) is 8.42 Å². The van der Waals surface area contributed by atoms with Crippen molar-refractivity contribution in [3.8, 4) is 0 Å².